The molecule has 1 fully saturated rings. The number of rotatable bonds is 2. The standard InChI is InChI=1S/C12H13FN2O4/c1-18-12(17)9-7-15(4-5-19-9)11(16)8-2-3-10(13)14-6-8/h2-3,6,9H,4-5,7H2,1H3. The lowest BCUT2D eigenvalue weighted by Gasteiger charge is -2.31. The summed E-state index contributed by atoms with van der Waals surface area (Å²) in [6.45, 7) is 0.729. The Labute approximate surface area is 109 Å². The van der Waals surface area contributed by atoms with E-state index in [1.165, 1.54) is 24.3 Å². The first-order chi connectivity index (χ1) is 9.11. The van der Waals surface area contributed by atoms with Crippen molar-refractivity contribution in [3.63, 3.8) is 0 Å². The fraction of sp³-hybridized carbons (Fsp3) is 0.417. The summed E-state index contributed by atoms with van der Waals surface area (Å²) in [5.41, 5.74) is 0.270. The molecule has 1 aliphatic heterocycles. The van der Waals surface area contributed by atoms with E-state index in [0.717, 1.165) is 6.07 Å². The largest absolute Gasteiger partial charge is 0.467 e. The van der Waals surface area contributed by atoms with Crippen molar-refractivity contribution < 1.29 is 23.5 Å². The number of ether oxygens (including phenoxy) is 2. The molecule has 0 aliphatic carbocycles. The Morgan fingerprint density at radius 3 is 2.95 bits per heavy atom. The average Bonchev–Trinajstić information content (AvgIpc) is 2.46. The third kappa shape index (κ3) is 3.05. The minimum Gasteiger partial charge on any atom is -0.467 e. The van der Waals surface area contributed by atoms with Crippen molar-refractivity contribution in [1.82, 2.24) is 9.88 Å². The van der Waals surface area contributed by atoms with Crippen LogP contribution < -0.4 is 0 Å². The van der Waals surface area contributed by atoms with Crippen molar-refractivity contribution in [3.8, 4) is 0 Å². The van der Waals surface area contributed by atoms with E-state index in [0.29, 0.717) is 6.54 Å². The molecule has 1 amide bonds. The smallest absolute Gasteiger partial charge is 0.336 e. The second kappa shape index (κ2) is 5.75. The van der Waals surface area contributed by atoms with Gasteiger partial charge in [0.15, 0.2) is 6.10 Å². The second-order valence-electron chi connectivity index (χ2n) is 4.00. The monoisotopic (exact) mass is 268 g/mol. The molecule has 102 valence electrons. The number of methoxy groups -OCH3 is 1. The lowest BCUT2D eigenvalue weighted by molar-refractivity contribution is -0.158. The Morgan fingerprint density at radius 2 is 2.32 bits per heavy atom. The number of amides is 1. The highest BCUT2D eigenvalue weighted by molar-refractivity contribution is 5.94. The fourth-order valence-electron chi connectivity index (χ4n) is 1.79. The van der Waals surface area contributed by atoms with E-state index in [9.17, 15) is 14.0 Å². The van der Waals surface area contributed by atoms with Crippen LogP contribution in [-0.2, 0) is 14.3 Å². The van der Waals surface area contributed by atoms with Crippen LogP contribution in [0.25, 0.3) is 0 Å². The molecular weight excluding hydrogens is 255 g/mol. The molecule has 1 unspecified atom stereocenters. The topological polar surface area (TPSA) is 68.7 Å². The van der Waals surface area contributed by atoms with Gasteiger partial charge in [-0.2, -0.15) is 4.39 Å². The van der Waals surface area contributed by atoms with E-state index in [1.807, 2.05) is 0 Å². The number of aromatic nitrogens is 1. The molecule has 19 heavy (non-hydrogen) atoms. The number of morpholine rings is 1. The SMILES string of the molecule is COC(=O)C1CN(C(=O)c2ccc(F)nc2)CCO1. The van der Waals surface area contributed by atoms with Gasteiger partial charge in [-0.25, -0.2) is 9.78 Å². The molecule has 1 aromatic heterocycles. The Balaban J connectivity index is 2.06. The molecule has 1 saturated heterocycles. The first-order valence-corrected chi connectivity index (χ1v) is 5.72. The number of carbonyl (C=O) groups is 2. The zero-order valence-electron chi connectivity index (χ0n) is 10.3. The highest BCUT2D eigenvalue weighted by Crippen LogP contribution is 2.11. The summed E-state index contributed by atoms with van der Waals surface area (Å²) in [6.07, 6.45) is 0.386. The van der Waals surface area contributed by atoms with Crippen LogP contribution in [0, 0.1) is 5.95 Å². The van der Waals surface area contributed by atoms with Crippen LogP contribution in [0.5, 0.6) is 0 Å². The van der Waals surface area contributed by atoms with Gasteiger partial charge in [0.1, 0.15) is 0 Å². The summed E-state index contributed by atoms with van der Waals surface area (Å²) < 4.78 is 22.5. The van der Waals surface area contributed by atoms with Crippen LogP contribution in [0.15, 0.2) is 18.3 Å². The van der Waals surface area contributed by atoms with Crippen LogP contribution in [-0.4, -0.2) is 54.7 Å². The Bertz CT molecular complexity index is 477. The van der Waals surface area contributed by atoms with E-state index in [4.69, 9.17) is 4.74 Å². The quantitative estimate of drug-likeness (QED) is 0.567. The van der Waals surface area contributed by atoms with Crippen LogP contribution in [0.3, 0.4) is 0 Å². The highest BCUT2D eigenvalue weighted by atomic mass is 19.1. The summed E-state index contributed by atoms with van der Waals surface area (Å²) >= 11 is 0. The number of halogens is 1. The van der Waals surface area contributed by atoms with E-state index in [-0.39, 0.29) is 24.6 Å². The molecule has 0 spiro atoms. The van der Waals surface area contributed by atoms with Crippen LogP contribution in [0.2, 0.25) is 0 Å². The number of pyridine rings is 1. The summed E-state index contributed by atoms with van der Waals surface area (Å²) in [4.78, 5) is 28.4. The van der Waals surface area contributed by atoms with Crippen molar-refractivity contribution >= 4 is 11.9 Å². The summed E-state index contributed by atoms with van der Waals surface area (Å²) in [5.74, 6) is -1.48. The van der Waals surface area contributed by atoms with Crippen molar-refractivity contribution in [2.24, 2.45) is 0 Å². The van der Waals surface area contributed by atoms with E-state index >= 15 is 0 Å². The lowest BCUT2D eigenvalue weighted by Crippen LogP contribution is -2.48. The number of hydrogen-bond acceptors (Lipinski definition) is 5. The maximum atomic E-state index is 12.7. The van der Waals surface area contributed by atoms with Crippen molar-refractivity contribution in [2.45, 2.75) is 6.10 Å². The van der Waals surface area contributed by atoms with Gasteiger partial charge in [0.25, 0.3) is 5.91 Å². The summed E-state index contributed by atoms with van der Waals surface area (Å²) in [6, 6.07) is 2.47. The number of hydrogen-bond donors (Lipinski definition) is 0. The lowest BCUT2D eigenvalue weighted by atomic mass is 10.2. The Morgan fingerprint density at radius 1 is 1.53 bits per heavy atom. The first-order valence-electron chi connectivity index (χ1n) is 5.72. The van der Waals surface area contributed by atoms with Crippen LogP contribution in [0.1, 0.15) is 10.4 Å². The molecule has 1 aromatic rings. The van der Waals surface area contributed by atoms with Gasteiger partial charge in [-0.1, -0.05) is 0 Å². The highest BCUT2D eigenvalue weighted by Gasteiger charge is 2.30. The van der Waals surface area contributed by atoms with Gasteiger partial charge >= 0.3 is 5.97 Å². The minimum absolute atomic E-state index is 0.114. The van der Waals surface area contributed by atoms with Crippen molar-refractivity contribution in [1.29, 1.82) is 0 Å². The Hall–Kier alpha value is -2.02. The second-order valence-corrected chi connectivity index (χ2v) is 4.00. The number of nitrogens with zero attached hydrogens (tertiary/aromatic N) is 2. The molecule has 1 atom stereocenters. The predicted molar refractivity (Wildman–Crippen MR) is 61.9 cm³/mol. The predicted octanol–water partition coefficient (Wildman–Crippen LogP) is 0.235. The van der Waals surface area contributed by atoms with Crippen molar-refractivity contribution in [3.05, 3.63) is 29.8 Å². The first kappa shape index (κ1) is 13.4. The molecule has 7 heteroatoms. The molecule has 2 rings (SSSR count). The molecule has 0 saturated carbocycles. The number of esters is 1. The average molecular weight is 268 g/mol. The van der Waals surface area contributed by atoms with Gasteiger partial charge in [-0.15, -0.1) is 0 Å². The third-order valence-electron chi connectivity index (χ3n) is 2.79. The summed E-state index contributed by atoms with van der Waals surface area (Å²) in [5, 5.41) is 0. The summed E-state index contributed by atoms with van der Waals surface area (Å²) in [7, 11) is 1.26. The van der Waals surface area contributed by atoms with E-state index in [1.54, 1.807) is 0 Å². The van der Waals surface area contributed by atoms with Gasteiger partial charge in [-0.05, 0) is 12.1 Å². The van der Waals surface area contributed by atoms with E-state index in [2.05, 4.69) is 9.72 Å². The minimum atomic E-state index is -0.781. The zero-order valence-corrected chi connectivity index (χ0v) is 10.3. The molecule has 0 N–H and O–H groups in total. The van der Waals surface area contributed by atoms with Gasteiger partial charge in [-0.3, -0.25) is 4.79 Å². The molecule has 0 aromatic carbocycles. The molecule has 0 radical (unpaired) electrons. The van der Waals surface area contributed by atoms with Gasteiger partial charge in [0.05, 0.1) is 25.8 Å². The maximum Gasteiger partial charge on any atom is 0.336 e. The molecule has 0 bridgehead atoms. The van der Waals surface area contributed by atoms with E-state index < -0.39 is 18.0 Å². The Kier molecular flexibility index (Phi) is 4.06. The van der Waals surface area contributed by atoms with Gasteiger partial charge in [0.2, 0.25) is 5.95 Å². The van der Waals surface area contributed by atoms with Crippen LogP contribution in [0.4, 0.5) is 4.39 Å². The van der Waals surface area contributed by atoms with Gasteiger partial charge < -0.3 is 14.4 Å². The maximum absolute atomic E-state index is 12.7. The number of carbonyl (C=O) groups excluding carboxylic acids is 2. The van der Waals surface area contributed by atoms with Crippen LogP contribution >= 0.6 is 0 Å². The third-order valence-corrected chi connectivity index (χ3v) is 2.79. The fourth-order valence-corrected chi connectivity index (χ4v) is 1.79. The van der Waals surface area contributed by atoms with Crippen molar-refractivity contribution in [2.75, 3.05) is 26.8 Å². The molecular formula is C12H13FN2O4. The normalized spacial score (nSPS) is 19.1. The molecule has 2 heterocycles. The molecule has 1 aliphatic rings. The van der Waals surface area contributed by atoms with Gasteiger partial charge in [0, 0.05) is 12.7 Å². The molecule has 6 nitrogen and oxygen atoms in total. The zero-order chi connectivity index (χ0) is 13.8.